The highest BCUT2D eigenvalue weighted by atomic mass is 16.2. The fraction of sp³-hybridized carbons (Fsp3) is 0.700. The van der Waals surface area contributed by atoms with E-state index in [4.69, 9.17) is 0 Å². The maximum Gasteiger partial charge on any atom is 0.223 e. The van der Waals surface area contributed by atoms with Crippen LogP contribution >= 0.6 is 0 Å². The van der Waals surface area contributed by atoms with E-state index in [1.165, 1.54) is 6.92 Å². The summed E-state index contributed by atoms with van der Waals surface area (Å²) in [4.78, 5) is 31.8. The second-order valence-electron chi connectivity index (χ2n) is 3.41. The van der Waals surface area contributed by atoms with Crippen molar-refractivity contribution in [2.24, 2.45) is 5.92 Å². The molecule has 0 aliphatic rings. The smallest absolute Gasteiger partial charge is 0.223 e. The summed E-state index contributed by atoms with van der Waals surface area (Å²) in [6, 6.07) is 0. The minimum atomic E-state index is -0.130. The van der Waals surface area contributed by atoms with E-state index < -0.39 is 0 Å². The molecule has 0 aliphatic heterocycles. The van der Waals surface area contributed by atoms with Crippen LogP contribution in [0.1, 0.15) is 33.1 Å². The molecule has 1 amide bonds. The summed E-state index contributed by atoms with van der Waals surface area (Å²) in [6.45, 7) is 3.40. The summed E-state index contributed by atoms with van der Waals surface area (Å²) >= 11 is 0. The summed E-state index contributed by atoms with van der Waals surface area (Å²) in [5.41, 5.74) is 0. The van der Waals surface area contributed by atoms with Crippen LogP contribution in [0.5, 0.6) is 0 Å². The molecule has 0 radical (unpaired) electrons. The Morgan fingerprint density at radius 2 is 2.07 bits per heavy atom. The van der Waals surface area contributed by atoms with Gasteiger partial charge in [-0.1, -0.05) is 6.92 Å². The van der Waals surface area contributed by atoms with Crippen LogP contribution in [0.3, 0.4) is 0 Å². The summed E-state index contributed by atoms with van der Waals surface area (Å²) in [7, 11) is 0. The molecule has 0 saturated heterocycles. The lowest BCUT2D eigenvalue weighted by Crippen LogP contribution is -2.30. The van der Waals surface area contributed by atoms with E-state index in [0.717, 1.165) is 6.42 Å². The van der Waals surface area contributed by atoms with Gasteiger partial charge in [0.05, 0.1) is 6.54 Å². The predicted octanol–water partition coefficient (Wildman–Crippen LogP) is 0.697. The molecule has 0 aromatic heterocycles. The van der Waals surface area contributed by atoms with Gasteiger partial charge in [-0.2, -0.15) is 0 Å². The van der Waals surface area contributed by atoms with Crippen LogP contribution in [0.4, 0.5) is 0 Å². The van der Waals surface area contributed by atoms with Crippen molar-refractivity contribution in [3.63, 3.8) is 0 Å². The van der Waals surface area contributed by atoms with E-state index in [2.05, 4.69) is 5.32 Å². The zero-order valence-corrected chi connectivity index (χ0v) is 8.71. The quantitative estimate of drug-likeness (QED) is 0.614. The Hall–Kier alpha value is -1.19. The molecule has 80 valence electrons. The molecular formula is C10H17NO3. The molecule has 0 bridgehead atoms. The van der Waals surface area contributed by atoms with Gasteiger partial charge in [0.15, 0.2) is 0 Å². The third-order valence-electron chi connectivity index (χ3n) is 1.97. The minimum absolute atomic E-state index is 0.0654. The number of hydrogen-bond acceptors (Lipinski definition) is 3. The normalized spacial score (nSPS) is 11.9. The minimum Gasteiger partial charge on any atom is -0.349 e. The van der Waals surface area contributed by atoms with Crippen LogP contribution in [0, 0.1) is 5.92 Å². The van der Waals surface area contributed by atoms with Crippen LogP contribution < -0.4 is 5.32 Å². The molecule has 14 heavy (non-hydrogen) atoms. The number of nitrogens with one attached hydrogen (secondary N) is 1. The van der Waals surface area contributed by atoms with Gasteiger partial charge >= 0.3 is 0 Å². The molecule has 0 fully saturated rings. The molecule has 0 heterocycles. The second kappa shape index (κ2) is 7.24. The van der Waals surface area contributed by atoms with Crippen LogP contribution in [-0.2, 0) is 14.4 Å². The largest absolute Gasteiger partial charge is 0.349 e. The fourth-order valence-corrected chi connectivity index (χ4v) is 1.10. The van der Waals surface area contributed by atoms with Gasteiger partial charge in [-0.3, -0.25) is 4.79 Å². The number of carbonyl (C=O) groups is 3. The van der Waals surface area contributed by atoms with Crippen LogP contribution in [0.15, 0.2) is 0 Å². The molecule has 0 aromatic rings. The van der Waals surface area contributed by atoms with Gasteiger partial charge < -0.3 is 14.9 Å². The van der Waals surface area contributed by atoms with Crippen molar-refractivity contribution in [2.45, 2.75) is 33.1 Å². The highest BCUT2D eigenvalue weighted by molar-refractivity contribution is 5.80. The zero-order valence-electron chi connectivity index (χ0n) is 8.71. The second-order valence-corrected chi connectivity index (χ2v) is 3.41. The monoisotopic (exact) mass is 199 g/mol. The molecule has 0 aromatic carbocycles. The van der Waals surface area contributed by atoms with Gasteiger partial charge in [0.25, 0.3) is 0 Å². The fourth-order valence-electron chi connectivity index (χ4n) is 1.10. The molecule has 0 saturated carbocycles. The lowest BCUT2D eigenvalue weighted by Gasteiger charge is -2.09. The zero-order chi connectivity index (χ0) is 11.0. The van der Waals surface area contributed by atoms with E-state index in [1.807, 2.05) is 0 Å². The van der Waals surface area contributed by atoms with Crippen molar-refractivity contribution in [1.82, 2.24) is 5.32 Å². The molecule has 1 N–H and O–H groups in total. The van der Waals surface area contributed by atoms with Crippen molar-refractivity contribution >= 4 is 18.0 Å². The maximum atomic E-state index is 11.2. The average molecular weight is 199 g/mol. The third-order valence-corrected chi connectivity index (χ3v) is 1.97. The SMILES string of the molecule is CC(=O)CCCC(C)C(=O)NCC=O. The molecule has 0 rings (SSSR count). The molecule has 4 heteroatoms. The molecule has 0 spiro atoms. The van der Waals surface area contributed by atoms with Gasteiger partial charge in [0.2, 0.25) is 5.91 Å². The number of Topliss-reactive ketones (excluding diaryl/α,β-unsaturated/α-hetero) is 1. The molecule has 4 nitrogen and oxygen atoms in total. The van der Waals surface area contributed by atoms with E-state index >= 15 is 0 Å². The molecule has 0 aliphatic carbocycles. The van der Waals surface area contributed by atoms with Crippen molar-refractivity contribution in [3.8, 4) is 0 Å². The molecular weight excluding hydrogens is 182 g/mol. The van der Waals surface area contributed by atoms with E-state index in [9.17, 15) is 14.4 Å². The van der Waals surface area contributed by atoms with E-state index in [0.29, 0.717) is 19.1 Å². The van der Waals surface area contributed by atoms with Gasteiger partial charge in [-0.05, 0) is 19.8 Å². The van der Waals surface area contributed by atoms with Crippen molar-refractivity contribution in [2.75, 3.05) is 6.54 Å². The Morgan fingerprint density at radius 3 is 2.57 bits per heavy atom. The lowest BCUT2D eigenvalue weighted by atomic mass is 10.0. The van der Waals surface area contributed by atoms with Gasteiger partial charge in [-0.15, -0.1) is 0 Å². The number of hydrogen-bond donors (Lipinski definition) is 1. The summed E-state index contributed by atoms with van der Waals surface area (Å²) < 4.78 is 0. The third kappa shape index (κ3) is 6.34. The number of amides is 1. The van der Waals surface area contributed by atoms with Crippen LogP contribution in [0.25, 0.3) is 0 Å². The van der Waals surface area contributed by atoms with Crippen LogP contribution in [0.2, 0.25) is 0 Å². The summed E-state index contributed by atoms with van der Waals surface area (Å²) in [5, 5.41) is 2.48. The topological polar surface area (TPSA) is 63.2 Å². The number of aldehydes is 1. The van der Waals surface area contributed by atoms with Gasteiger partial charge in [-0.25, -0.2) is 0 Å². The predicted molar refractivity (Wildman–Crippen MR) is 52.8 cm³/mol. The number of rotatable bonds is 7. The Kier molecular flexibility index (Phi) is 6.62. The number of ketones is 1. The Bertz CT molecular complexity index is 213. The first kappa shape index (κ1) is 12.8. The Morgan fingerprint density at radius 1 is 1.43 bits per heavy atom. The highest BCUT2D eigenvalue weighted by Crippen LogP contribution is 2.07. The highest BCUT2D eigenvalue weighted by Gasteiger charge is 2.11. The van der Waals surface area contributed by atoms with E-state index in [-0.39, 0.29) is 24.2 Å². The van der Waals surface area contributed by atoms with Crippen LogP contribution in [-0.4, -0.2) is 24.5 Å². The number of carbonyl (C=O) groups excluding carboxylic acids is 3. The first-order valence-electron chi connectivity index (χ1n) is 4.78. The Labute approximate surface area is 84.1 Å². The molecule has 1 unspecified atom stereocenters. The van der Waals surface area contributed by atoms with Crippen molar-refractivity contribution < 1.29 is 14.4 Å². The maximum absolute atomic E-state index is 11.2. The summed E-state index contributed by atoms with van der Waals surface area (Å²) in [5.74, 6) is -0.111. The van der Waals surface area contributed by atoms with Gasteiger partial charge in [0.1, 0.15) is 12.1 Å². The average Bonchev–Trinajstić information content (AvgIpc) is 2.13. The lowest BCUT2D eigenvalue weighted by molar-refractivity contribution is -0.126. The standard InChI is InChI=1S/C10H17NO3/c1-8(4-3-5-9(2)13)10(14)11-6-7-12/h7-8H,3-6H2,1-2H3,(H,11,14). The van der Waals surface area contributed by atoms with Crippen molar-refractivity contribution in [1.29, 1.82) is 0 Å². The van der Waals surface area contributed by atoms with Crippen molar-refractivity contribution in [3.05, 3.63) is 0 Å². The molecule has 1 atom stereocenters. The first-order chi connectivity index (χ1) is 6.57. The summed E-state index contributed by atoms with van der Waals surface area (Å²) in [6.07, 6.45) is 2.58. The Balaban J connectivity index is 3.61. The van der Waals surface area contributed by atoms with E-state index in [1.54, 1.807) is 6.92 Å². The van der Waals surface area contributed by atoms with Gasteiger partial charge in [0, 0.05) is 12.3 Å². The first-order valence-corrected chi connectivity index (χ1v) is 4.78.